The van der Waals surface area contributed by atoms with Gasteiger partial charge < -0.3 is 16.2 Å². The summed E-state index contributed by atoms with van der Waals surface area (Å²) in [5.41, 5.74) is 6.78. The van der Waals surface area contributed by atoms with E-state index in [9.17, 15) is 9.50 Å². The molecule has 3 nitrogen and oxygen atoms in total. The van der Waals surface area contributed by atoms with Crippen molar-refractivity contribution in [3.8, 4) is 0 Å². The van der Waals surface area contributed by atoms with Crippen LogP contribution in [0.4, 0.5) is 15.8 Å². The Labute approximate surface area is 103 Å². The van der Waals surface area contributed by atoms with Crippen LogP contribution in [0.25, 0.3) is 0 Å². The zero-order valence-electron chi connectivity index (χ0n) is 9.30. The number of hydrogen-bond donors (Lipinski definition) is 3. The molecule has 0 aliphatic heterocycles. The van der Waals surface area contributed by atoms with Crippen molar-refractivity contribution in [3.63, 3.8) is 0 Å². The molecule has 5 heteroatoms. The van der Waals surface area contributed by atoms with E-state index in [-0.39, 0.29) is 11.9 Å². The molecule has 0 saturated carbocycles. The highest BCUT2D eigenvalue weighted by Crippen LogP contribution is 2.27. The summed E-state index contributed by atoms with van der Waals surface area (Å²) in [6.07, 6.45) is 0.181. The number of nitrogens with one attached hydrogen (secondary N) is 1. The average molecular weight is 291 g/mol. The van der Waals surface area contributed by atoms with Gasteiger partial charge in [0.05, 0.1) is 22.0 Å². The van der Waals surface area contributed by atoms with Crippen LogP contribution in [-0.2, 0) is 0 Å². The second-order valence-electron chi connectivity index (χ2n) is 3.98. The van der Waals surface area contributed by atoms with Crippen LogP contribution in [-0.4, -0.2) is 17.3 Å². The summed E-state index contributed by atoms with van der Waals surface area (Å²) in [5.74, 6) is -0.360. The highest BCUT2D eigenvalue weighted by Gasteiger charge is 2.10. The molecule has 0 aliphatic rings. The number of nitrogens with two attached hydrogens (primary N) is 1. The van der Waals surface area contributed by atoms with Crippen molar-refractivity contribution in [3.05, 3.63) is 22.4 Å². The number of rotatable bonds is 4. The minimum absolute atomic E-state index is 0.0304. The Morgan fingerprint density at radius 1 is 1.50 bits per heavy atom. The quantitative estimate of drug-likeness (QED) is 0.748. The van der Waals surface area contributed by atoms with E-state index in [2.05, 4.69) is 21.2 Å². The molecule has 2 atom stereocenters. The van der Waals surface area contributed by atoms with Crippen molar-refractivity contribution in [1.29, 1.82) is 0 Å². The first-order valence-corrected chi connectivity index (χ1v) is 5.88. The van der Waals surface area contributed by atoms with Gasteiger partial charge in [0.1, 0.15) is 5.82 Å². The second kappa shape index (κ2) is 5.50. The summed E-state index contributed by atoms with van der Waals surface area (Å²) >= 11 is 3.06. The lowest BCUT2D eigenvalue weighted by Gasteiger charge is -2.18. The molecule has 0 fully saturated rings. The van der Waals surface area contributed by atoms with E-state index < -0.39 is 6.10 Å². The third kappa shape index (κ3) is 3.64. The first-order chi connectivity index (χ1) is 7.40. The van der Waals surface area contributed by atoms with Crippen LogP contribution < -0.4 is 11.1 Å². The monoisotopic (exact) mass is 290 g/mol. The molecule has 0 amide bonds. The lowest BCUT2D eigenvalue weighted by atomic mass is 10.1. The molecule has 1 aromatic carbocycles. The minimum atomic E-state index is -0.399. The fourth-order valence-corrected chi connectivity index (χ4v) is 1.88. The van der Waals surface area contributed by atoms with Crippen molar-refractivity contribution >= 4 is 27.3 Å². The molecule has 0 saturated heterocycles. The first-order valence-electron chi connectivity index (χ1n) is 5.09. The van der Waals surface area contributed by atoms with Crippen LogP contribution in [0.15, 0.2) is 16.6 Å². The lowest BCUT2D eigenvalue weighted by Crippen LogP contribution is -2.21. The van der Waals surface area contributed by atoms with Crippen molar-refractivity contribution in [2.45, 2.75) is 32.4 Å². The first kappa shape index (κ1) is 13.3. The maximum atomic E-state index is 13.3. The van der Waals surface area contributed by atoms with E-state index in [0.717, 1.165) is 0 Å². The summed E-state index contributed by atoms with van der Waals surface area (Å²) < 4.78 is 13.6. The van der Waals surface area contributed by atoms with Crippen LogP contribution in [0.1, 0.15) is 20.3 Å². The largest absolute Gasteiger partial charge is 0.397 e. The third-order valence-corrected chi connectivity index (χ3v) is 2.80. The topological polar surface area (TPSA) is 58.3 Å². The highest BCUT2D eigenvalue weighted by molar-refractivity contribution is 9.10. The molecular formula is C11H16BrFN2O. The molecule has 1 aromatic rings. The molecule has 90 valence electrons. The predicted octanol–water partition coefficient (Wildman–Crippen LogP) is 2.74. The van der Waals surface area contributed by atoms with Crippen LogP contribution in [0.2, 0.25) is 0 Å². The van der Waals surface area contributed by atoms with Crippen molar-refractivity contribution in [2.75, 3.05) is 11.1 Å². The predicted molar refractivity (Wildman–Crippen MR) is 67.9 cm³/mol. The van der Waals surface area contributed by atoms with E-state index >= 15 is 0 Å². The molecule has 0 radical (unpaired) electrons. The Morgan fingerprint density at radius 2 is 2.12 bits per heavy atom. The minimum Gasteiger partial charge on any atom is -0.397 e. The zero-order chi connectivity index (χ0) is 12.3. The smallest absolute Gasteiger partial charge is 0.139 e. The molecule has 0 aromatic heterocycles. The summed E-state index contributed by atoms with van der Waals surface area (Å²) in [5, 5.41) is 12.3. The van der Waals surface area contributed by atoms with E-state index in [0.29, 0.717) is 22.3 Å². The normalized spacial score (nSPS) is 14.6. The second-order valence-corrected chi connectivity index (χ2v) is 4.84. The molecule has 1 rings (SSSR count). The van der Waals surface area contributed by atoms with Gasteiger partial charge in [0.25, 0.3) is 0 Å². The van der Waals surface area contributed by atoms with E-state index in [1.807, 2.05) is 6.92 Å². The summed E-state index contributed by atoms with van der Waals surface area (Å²) in [7, 11) is 0. The number of aliphatic hydroxyl groups is 1. The molecule has 0 spiro atoms. The fourth-order valence-electron chi connectivity index (χ4n) is 1.52. The Bertz CT molecular complexity index is 371. The summed E-state index contributed by atoms with van der Waals surface area (Å²) in [6.45, 7) is 3.62. The number of anilines is 2. The van der Waals surface area contributed by atoms with Gasteiger partial charge in [0, 0.05) is 12.1 Å². The third-order valence-electron chi connectivity index (χ3n) is 2.19. The van der Waals surface area contributed by atoms with Crippen molar-refractivity contribution in [1.82, 2.24) is 0 Å². The van der Waals surface area contributed by atoms with Crippen LogP contribution >= 0.6 is 15.9 Å². The fraction of sp³-hybridized carbons (Fsp3) is 0.455. The van der Waals surface area contributed by atoms with E-state index in [4.69, 9.17) is 5.73 Å². The van der Waals surface area contributed by atoms with Gasteiger partial charge in [0.2, 0.25) is 0 Å². The number of nitrogen functional groups attached to an aromatic ring is 1. The number of aliphatic hydroxyl groups excluding tert-OH is 1. The van der Waals surface area contributed by atoms with Gasteiger partial charge >= 0.3 is 0 Å². The van der Waals surface area contributed by atoms with Crippen molar-refractivity contribution < 1.29 is 9.50 Å². The highest BCUT2D eigenvalue weighted by atomic mass is 79.9. The summed E-state index contributed by atoms with van der Waals surface area (Å²) in [6, 6.07) is 2.90. The molecule has 16 heavy (non-hydrogen) atoms. The number of halogens is 2. The van der Waals surface area contributed by atoms with Crippen LogP contribution in [0, 0.1) is 5.82 Å². The molecule has 0 heterocycles. The summed E-state index contributed by atoms with van der Waals surface area (Å²) in [4.78, 5) is 0. The molecule has 0 aliphatic carbocycles. The number of benzene rings is 1. The van der Waals surface area contributed by atoms with E-state index in [1.165, 1.54) is 12.1 Å². The standard InChI is InChI=1S/C11H16BrFN2O/c1-6(3-7(2)16)15-11-5-9(13)8(12)4-10(11)14/h4-7,15-16H,3,14H2,1-2H3. The van der Waals surface area contributed by atoms with Gasteiger partial charge in [-0.3, -0.25) is 0 Å². The maximum Gasteiger partial charge on any atom is 0.139 e. The molecule has 4 N–H and O–H groups in total. The van der Waals surface area contributed by atoms with Gasteiger partial charge in [-0.05, 0) is 42.3 Å². The van der Waals surface area contributed by atoms with Crippen molar-refractivity contribution in [2.24, 2.45) is 0 Å². The Morgan fingerprint density at radius 3 is 2.69 bits per heavy atom. The Hall–Kier alpha value is -0.810. The Kier molecular flexibility index (Phi) is 4.56. The lowest BCUT2D eigenvalue weighted by molar-refractivity contribution is 0.179. The van der Waals surface area contributed by atoms with Gasteiger partial charge in [-0.2, -0.15) is 0 Å². The van der Waals surface area contributed by atoms with Crippen LogP contribution in [0.3, 0.4) is 0 Å². The van der Waals surface area contributed by atoms with E-state index in [1.54, 1.807) is 6.92 Å². The zero-order valence-corrected chi connectivity index (χ0v) is 10.9. The maximum absolute atomic E-state index is 13.3. The Balaban J connectivity index is 2.77. The molecular weight excluding hydrogens is 275 g/mol. The van der Waals surface area contributed by atoms with Gasteiger partial charge in [0.15, 0.2) is 0 Å². The SMILES string of the molecule is CC(O)CC(C)Nc1cc(F)c(Br)cc1N. The van der Waals surface area contributed by atoms with Crippen LogP contribution in [0.5, 0.6) is 0 Å². The molecule has 2 unspecified atom stereocenters. The number of hydrogen-bond acceptors (Lipinski definition) is 3. The average Bonchev–Trinajstić information content (AvgIpc) is 2.12. The molecule has 0 bridgehead atoms. The van der Waals surface area contributed by atoms with Gasteiger partial charge in [-0.25, -0.2) is 4.39 Å². The van der Waals surface area contributed by atoms with Gasteiger partial charge in [-0.15, -0.1) is 0 Å². The van der Waals surface area contributed by atoms with Gasteiger partial charge in [-0.1, -0.05) is 0 Å².